The maximum atomic E-state index is 6.19. The summed E-state index contributed by atoms with van der Waals surface area (Å²) in [6.45, 7) is 6.54. The van der Waals surface area contributed by atoms with Crippen LogP contribution in [-0.4, -0.2) is 30.3 Å². The van der Waals surface area contributed by atoms with Gasteiger partial charge in [-0.2, -0.15) is 0 Å². The maximum Gasteiger partial charge on any atom is 0.147 e. The third-order valence-corrected chi connectivity index (χ3v) is 3.98. The van der Waals surface area contributed by atoms with E-state index in [1.807, 2.05) is 0 Å². The predicted octanol–water partition coefficient (Wildman–Crippen LogP) is 4.19. The van der Waals surface area contributed by atoms with E-state index >= 15 is 0 Å². The Morgan fingerprint density at radius 1 is 1.30 bits per heavy atom. The number of rotatable bonds is 6. The van der Waals surface area contributed by atoms with Crippen LogP contribution in [0, 0.1) is 0 Å². The number of nitrogens with zero attached hydrogens (tertiary/aromatic N) is 1. The van der Waals surface area contributed by atoms with Gasteiger partial charge in [0.15, 0.2) is 0 Å². The average Bonchev–Trinajstić information content (AvgIpc) is 2.84. The number of anilines is 2. The van der Waals surface area contributed by atoms with Crippen LogP contribution in [0.5, 0.6) is 0 Å². The van der Waals surface area contributed by atoms with Crippen molar-refractivity contribution in [1.82, 2.24) is 4.98 Å². The molecule has 2 N–H and O–H groups in total. The molecule has 0 saturated carbocycles. The van der Waals surface area contributed by atoms with Crippen molar-refractivity contribution in [2.45, 2.75) is 38.7 Å². The molecule has 6 heteroatoms. The summed E-state index contributed by atoms with van der Waals surface area (Å²) in [6, 6.07) is 1.72. The van der Waals surface area contributed by atoms with Crippen molar-refractivity contribution in [2.24, 2.45) is 0 Å². The van der Waals surface area contributed by atoms with Crippen molar-refractivity contribution in [3.8, 4) is 0 Å². The summed E-state index contributed by atoms with van der Waals surface area (Å²) in [5, 5.41) is 7.53. The molecule has 20 heavy (non-hydrogen) atoms. The molecule has 1 aromatic heterocycles. The van der Waals surface area contributed by atoms with E-state index in [9.17, 15) is 0 Å². The highest BCUT2D eigenvalue weighted by atomic mass is 35.5. The second-order valence-electron chi connectivity index (χ2n) is 5.33. The monoisotopic (exact) mass is 317 g/mol. The summed E-state index contributed by atoms with van der Waals surface area (Å²) < 4.78 is 5.75. The van der Waals surface area contributed by atoms with Crippen molar-refractivity contribution in [2.75, 3.05) is 30.3 Å². The number of hydrogen-bond acceptors (Lipinski definition) is 4. The Kier molecular flexibility index (Phi) is 5.35. The predicted molar refractivity (Wildman–Crippen MR) is 85.1 cm³/mol. The summed E-state index contributed by atoms with van der Waals surface area (Å²) in [5.41, 5.74) is -0.137. The lowest BCUT2D eigenvalue weighted by Gasteiger charge is -2.24. The number of aromatic nitrogens is 1. The molecule has 1 aliphatic heterocycles. The second-order valence-corrected chi connectivity index (χ2v) is 6.15. The molecule has 2 rings (SSSR count). The van der Waals surface area contributed by atoms with Crippen molar-refractivity contribution in [3.63, 3.8) is 0 Å². The number of hydrogen-bond donors (Lipinski definition) is 2. The van der Waals surface area contributed by atoms with E-state index in [0.717, 1.165) is 32.4 Å². The smallest absolute Gasteiger partial charge is 0.147 e. The standard InChI is InChI=1S/C14H21Cl2N3O/c1-3-6-17-12-10(15)8-11(16)13(19-12)18-9-14(2)5-4-7-20-14/h8H,3-7,9H2,1-2H3,(H2,17,18,19). The van der Waals surface area contributed by atoms with E-state index in [2.05, 4.69) is 29.5 Å². The quantitative estimate of drug-likeness (QED) is 0.825. The van der Waals surface area contributed by atoms with Gasteiger partial charge in [-0.25, -0.2) is 4.98 Å². The van der Waals surface area contributed by atoms with Gasteiger partial charge in [0.1, 0.15) is 11.6 Å². The van der Waals surface area contributed by atoms with Crippen LogP contribution in [0.25, 0.3) is 0 Å². The minimum Gasteiger partial charge on any atom is -0.373 e. The lowest BCUT2D eigenvalue weighted by atomic mass is 10.0. The molecule has 1 aliphatic rings. The fourth-order valence-electron chi connectivity index (χ4n) is 2.20. The van der Waals surface area contributed by atoms with Gasteiger partial charge < -0.3 is 15.4 Å². The molecule has 0 spiro atoms. The van der Waals surface area contributed by atoms with Crippen LogP contribution in [0.4, 0.5) is 11.6 Å². The van der Waals surface area contributed by atoms with Gasteiger partial charge in [-0.1, -0.05) is 30.1 Å². The Balaban J connectivity index is 2.06. The van der Waals surface area contributed by atoms with E-state index in [1.165, 1.54) is 0 Å². The zero-order valence-electron chi connectivity index (χ0n) is 11.9. The zero-order chi connectivity index (χ0) is 14.6. The molecule has 1 unspecified atom stereocenters. The normalized spacial score (nSPS) is 22.0. The van der Waals surface area contributed by atoms with E-state index < -0.39 is 0 Å². The number of pyridine rings is 1. The van der Waals surface area contributed by atoms with Crippen LogP contribution in [0.2, 0.25) is 10.0 Å². The topological polar surface area (TPSA) is 46.2 Å². The second kappa shape index (κ2) is 6.83. The van der Waals surface area contributed by atoms with Crippen LogP contribution >= 0.6 is 23.2 Å². The van der Waals surface area contributed by atoms with Gasteiger partial charge >= 0.3 is 0 Å². The Hall–Kier alpha value is -0.710. The van der Waals surface area contributed by atoms with Gasteiger partial charge in [-0.15, -0.1) is 0 Å². The van der Waals surface area contributed by atoms with Crippen LogP contribution in [0.15, 0.2) is 6.07 Å². The fourth-order valence-corrected chi connectivity index (χ4v) is 2.70. The molecule has 0 radical (unpaired) electrons. The summed E-state index contributed by atoms with van der Waals surface area (Å²) in [6.07, 6.45) is 3.16. The molecule has 0 bridgehead atoms. The molecular formula is C14H21Cl2N3O. The first kappa shape index (κ1) is 15.7. The fraction of sp³-hybridized carbons (Fsp3) is 0.643. The van der Waals surface area contributed by atoms with E-state index in [-0.39, 0.29) is 5.60 Å². The summed E-state index contributed by atoms with van der Waals surface area (Å²) in [5.74, 6) is 1.31. The van der Waals surface area contributed by atoms with Crippen LogP contribution in [0.1, 0.15) is 33.1 Å². The number of nitrogens with one attached hydrogen (secondary N) is 2. The van der Waals surface area contributed by atoms with Gasteiger partial charge in [-0.3, -0.25) is 0 Å². The lowest BCUT2D eigenvalue weighted by Crippen LogP contribution is -2.32. The van der Waals surface area contributed by atoms with Crippen LogP contribution in [0.3, 0.4) is 0 Å². The third kappa shape index (κ3) is 3.90. The maximum absolute atomic E-state index is 6.19. The first-order valence-corrected chi connectivity index (χ1v) is 7.77. The molecule has 0 aliphatic carbocycles. The lowest BCUT2D eigenvalue weighted by molar-refractivity contribution is 0.0315. The first-order chi connectivity index (χ1) is 9.54. The highest BCUT2D eigenvalue weighted by Gasteiger charge is 2.29. The van der Waals surface area contributed by atoms with Crippen molar-refractivity contribution in [3.05, 3.63) is 16.1 Å². The minimum absolute atomic E-state index is 0.137. The number of halogens is 2. The Labute approximate surface area is 130 Å². The van der Waals surface area contributed by atoms with Crippen molar-refractivity contribution < 1.29 is 4.74 Å². The van der Waals surface area contributed by atoms with Crippen molar-refractivity contribution in [1.29, 1.82) is 0 Å². The summed E-state index contributed by atoms with van der Waals surface area (Å²) in [4.78, 5) is 4.46. The minimum atomic E-state index is -0.137. The molecule has 2 heterocycles. The van der Waals surface area contributed by atoms with Gasteiger partial charge in [0, 0.05) is 19.7 Å². The molecule has 4 nitrogen and oxygen atoms in total. The highest BCUT2D eigenvalue weighted by molar-refractivity contribution is 6.37. The zero-order valence-corrected chi connectivity index (χ0v) is 13.4. The van der Waals surface area contributed by atoms with Gasteiger partial charge in [0.2, 0.25) is 0 Å². The highest BCUT2D eigenvalue weighted by Crippen LogP contribution is 2.31. The SMILES string of the molecule is CCCNc1nc(NCC2(C)CCCO2)c(Cl)cc1Cl. The van der Waals surface area contributed by atoms with Crippen molar-refractivity contribution >= 4 is 34.8 Å². The molecule has 1 atom stereocenters. The Morgan fingerprint density at radius 2 is 2.00 bits per heavy atom. The molecule has 1 fully saturated rings. The first-order valence-electron chi connectivity index (χ1n) is 7.02. The largest absolute Gasteiger partial charge is 0.373 e. The van der Waals surface area contributed by atoms with E-state index in [4.69, 9.17) is 27.9 Å². The Morgan fingerprint density at radius 3 is 2.60 bits per heavy atom. The van der Waals surface area contributed by atoms with E-state index in [1.54, 1.807) is 6.07 Å². The average molecular weight is 318 g/mol. The summed E-state index contributed by atoms with van der Waals surface area (Å²) >= 11 is 12.3. The van der Waals surface area contributed by atoms with Gasteiger partial charge in [0.05, 0.1) is 15.6 Å². The molecule has 1 aromatic rings. The van der Waals surface area contributed by atoms with Gasteiger partial charge in [0.25, 0.3) is 0 Å². The third-order valence-electron chi connectivity index (χ3n) is 3.40. The van der Waals surface area contributed by atoms with Crippen LogP contribution < -0.4 is 10.6 Å². The number of ether oxygens (including phenoxy) is 1. The van der Waals surface area contributed by atoms with Crippen LogP contribution in [-0.2, 0) is 4.74 Å². The molecule has 1 saturated heterocycles. The van der Waals surface area contributed by atoms with E-state index in [0.29, 0.717) is 28.2 Å². The molecule has 0 amide bonds. The van der Waals surface area contributed by atoms with Gasteiger partial charge in [-0.05, 0) is 32.3 Å². The molecule has 0 aromatic carbocycles. The molecule has 112 valence electrons. The summed E-state index contributed by atoms with van der Waals surface area (Å²) in [7, 11) is 0. The Bertz CT molecular complexity index is 462. The molecular weight excluding hydrogens is 297 g/mol.